The minimum absolute atomic E-state index is 0. The van der Waals surface area contributed by atoms with E-state index in [0.29, 0.717) is 0 Å². The van der Waals surface area contributed by atoms with Gasteiger partial charge in [-0.25, -0.2) is 0 Å². The molecule has 0 amide bonds. The first-order valence-corrected chi connectivity index (χ1v) is 5.00. The van der Waals surface area contributed by atoms with Crippen LogP contribution in [0, 0.1) is 0 Å². The Bertz CT molecular complexity index is 226. The molecule has 14 heavy (non-hydrogen) atoms. The van der Waals surface area contributed by atoms with Crippen LogP contribution < -0.4 is 5.73 Å². The number of nitrogens with zero attached hydrogens (tertiary/aromatic N) is 1. The van der Waals surface area contributed by atoms with Crippen molar-refractivity contribution in [2.75, 3.05) is 0 Å². The highest BCUT2D eigenvalue weighted by atomic mass is 35.5. The fourth-order valence-electron chi connectivity index (χ4n) is 1.39. The average Bonchev–Trinajstić information content (AvgIpc) is 2.19. The average molecular weight is 215 g/mol. The molecule has 2 nitrogen and oxygen atoms in total. The monoisotopic (exact) mass is 214 g/mol. The molecule has 0 aromatic carbocycles. The van der Waals surface area contributed by atoms with E-state index in [9.17, 15) is 0 Å². The summed E-state index contributed by atoms with van der Waals surface area (Å²) in [6.45, 7) is 2.21. The first kappa shape index (κ1) is 13.4. The molecule has 0 saturated carbocycles. The summed E-state index contributed by atoms with van der Waals surface area (Å²) in [5, 5.41) is 0. The van der Waals surface area contributed by atoms with Crippen LogP contribution in [0.15, 0.2) is 24.5 Å². The van der Waals surface area contributed by atoms with E-state index in [1.165, 1.54) is 24.8 Å². The highest BCUT2D eigenvalue weighted by Crippen LogP contribution is 2.15. The summed E-state index contributed by atoms with van der Waals surface area (Å²) >= 11 is 0. The van der Waals surface area contributed by atoms with Crippen molar-refractivity contribution in [3.63, 3.8) is 0 Å². The van der Waals surface area contributed by atoms with Crippen molar-refractivity contribution in [2.24, 2.45) is 5.73 Å². The zero-order valence-electron chi connectivity index (χ0n) is 8.65. The number of hydrogen-bond donors (Lipinski definition) is 1. The van der Waals surface area contributed by atoms with E-state index < -0.39 is 0 Å². The highest BCUT2D eigenvalue weighted by molar-refractivity contribution is 5.85. The molecule has 0 aliphatic rings. The maximum atomic E-state index is 6.01. The molecule has 1 aromatic rings. The number of aromatic nitrogens is 1. The van der Waals surface area contributed by atoms with Gasteiger partial charge in [0.25, 0.3) is 0 Å². The maximum Gasteiger partial charge on any atom is 0.0295 e. The van der Waals surface area contributed by atoms with Gasteiger partial charge in [0.05, 0.1) is 0 Å². The normalized spacial score (nSPS) is 11.9. The van der Waals surface area contributed by atoms with E-state index in [1.807, 2.05) is 12.1 Å². The Balaban J connectivity index is 0.00000169. The molecule has 1 aromatic heterocycles. The van der Waals surface area contributed by atoms with Gasteiger partial charge >= 0.3 is 0 Å². The second-order valence-electron chi connectivity index (χ2n) is 3.38. The fraction of sp³-hybridized carbons (Fsp3) is 0.545. The number of pyridine rings is 1. The molecule has 80 valence electrons. The summed E-state index contributed by atoms with van der Waals surface area (Å²) in [6.07, 6.45) is 8.43. The topological polar surface area (TPSA) is 38.9 Å². The summed E-state index contributed by atoms with van der Waals surface area (Å²) < 4.78 is 0. The van der Waals surface area contributed by atoms with Gasteiger partial charge in [-0.15, -0.1) is 12.4 Å². The SMILES string of the molecule is CCCCC[C@@H](N)c1ccncc1.Cl. The number of unbranched alkanes of at least 4 members (excludes halogenated alkanes) is 2. The van der Waals surface area contributed by atoms with Crippen molar-refractivity contribution in [3.05, 3.63) is 30.1 Å². The molecule has 1 rings (SSSR count). The summed E-state index contributed by atoms with van der Waals surface area (Å²) in [6, 6.07) is 4.18. The summed E-state index contributed by atoms with van der Waals surface area (Å²) in [5.41, 5.74) is 7.21. The summed E-state index contributed by atoms with van der Waals surface area (Å²) in [7, 11) is 0. The van der Waals surface area contributed by atoms with E-state index in [0.717, 1.165) is 6.42 Å². The van der Waals surface area contributed by atoms with Gasteiger partial charge < -0.3 is 5.73 Å². The van der Waals surface area contributed by atoms with E-state index >= 15 is 0 Å². The van der Waals surface area contributed by atoms with Crippen molar-refractivity contribution < 1.29 is 0 Å². The van der Waals surface area contributed by atoms with Crippen LogP contribution in [0.4, 0.5) is 0 Å². The molecule has 3 heteroatoms. The predicted molar refractivity (Wildman–Crippen MR) is 62.6 cm³/mol. The van der Waals surface area contributed by atoms with Gasteiger partial charge in [-0.3, -0.25) is 4.98 Å². The molecule has 0 fully saturated rings. The number of hydrogen-bond acceptors (Lipinski definition) is 2. The Kier molecular flexibility index (Phi) is 7.44. The Hall–Kier alpha value is -0.600. The highest BCUT2D eigenvalue weighted by Gasteiger charge is 2.03. The first-order chi connectivity index (χ1) is 6.34. The Labute approximate surface area is 92.3 Å². The minimum Gasteiger partial charge on any atom is -0.324 e. The van der Waals surface area contributed by atoms with E-state index in [1.54, 1.807) is 12.4 Å². The number of nitrogens with two attached hydrogens (primary N) is 1. The standard InChI is InChI=1S/C11H18N2.ClH/c1-2-3-4-5-11(12)10-6-8-13-9-7-10;/h6-9,11H,2-5,12H2,1H3;1H/t11-;/m1./s1. The molecular formula is C11H19ClN2. The van der Waals surface area contributed by atoms with Crippen LogP contribution in [-0.4, -0.2) is 4.98 Å². The fourth-order valence-corrected chi connectivity index (χ4v) is 1.39. The van der Waals surface area contributed by atoms with Gasteiger partial charge in [0.15, 0.2) is 0 Å². The molecule has 0 radical (unpaired) electrons. The third kappa shape index (κ3) is 4.58. The molecule has 2 N–H and O–H groups in total. The van der Waals surface area contributed by atoms with Crippen LogP contribution in [0.2, 0.25) is 0 Å². The summed E-state index contributed by atoms with van der Waals surface area (Å²) in [4.78, 5) is 3.97. The maximum absolute atomic E-state index is 6.01. The lowest BCUT2D eigenvalue weighted by Crippen LogP contribution is -2.09. The van der Waals surface area contributed by atoms with Gasteiger partial charge in [0, 0.05) is 18.4 Å². The molecule has 0 spiro atoms. The zero-order chi connectivity index (χ0) is 9.52. The Morgan fingerprint density at radius 3 is 2.50 bits per heavy atom. The number of rotatable bonds is 5. The number of halogens is 1. The largest absolute Gasteiger partial charge is 0.324 e. The molecule has 0 bridgehead atoms. The third-order valence-corrected chi connectivity index (χ3v) is 2.25. The lowest BCUT2D eigenvalue weighted by molar-refractivity contribution is 0.581. The molecule has 1 atom stereocenters. The first-order valence-electron chi connectivity index (χ1n) is 5.00. The van der Waals surface area contributed by atoms with Crippen molar-refractivity contribution >= 4 is 12.4 Å². The van der Waals surface area contributed by atoms with Gasteiger partial charge in [0.2, 0.25) is 0 Å². The summed E-state index contributed by atoms with van der Waals surface area (Å²) in [5.74, 6) is 0. The molecule has 0 aliphatic carbocycles. The van der Waals surface area contributed by atoms with Crippen LogP contribution in [0.5, 0.6) is 0 Å². The molecule has 1 heterocycles. The molecule has 0 saturated heterocycles. The predicted octanol–water partition coefficient (Wildman–Crippen LogP) is 3.08. The van der Waals surface area contributed by atoms with Gasteiger partial charge in [-0.2, -0.15) is 0 Å². The van der Waals surface area contributed by atoms with E-state index in [-0.39, 0.29) is 18.4 Å². The van der Waals surface area contributed by atoms with Crippen LogP contribution in [0.25, 0.3) is 0 Å². The lowest BCUT2D eigenvalue weighted by Gasteiger charge is -2.10. The second kappa shape index (κ2) is 7.77. The van der Waals surface area contributed by atoms with Gasteiger partial charge in [-0.05, 0) is 24.1 Å². The molecular weight excluding hydrogens is 196 g/mol. The zero-order valence-corrected chi connectivity index (χ0v) is 9.46. The van der Waals surface area contributed by atoms with Crippen molar-refractivity contribution in [2.45, 2.75) is 38.6 Å². The minimum atomic E-state index is 0. The van der Waals surface area contributed by atoms with Gasteiger partial charge in [-0.1, -0.05) is 26.2 Å². The third-order valence-electron chi connectivity index (χ3n) is 2.25. The Morgan fingerprint density at radius 1 is 1.29 bits per heavy atom. The molecule has 0 aliphatic heterocycles. The van der Waals surface area contributed by atoms with Crippen molar-refractivity contribution in [1.29, 1.82) is 0 Å². The smallest absolute Gasteiger partial charge is 0.0295 e. The van der Waals surface area contributed by atoms with Crippen LogP contribution in [0.3, 0.4) is 0 Å². The van der Waals surface area contributed by atoms with Crippen molar-refractivity contribution in [1.82, 2.24) is 4.98 Å². The van der Waals surface area contributed by atoms with Crippen molar-refractivity contribution in [3.8, 4) is 0 Å². The molecule has 0 unspecified atom stereocenters. The lowest BCUT2D eigenvalue weighted by atomic mass is 10.0. The van der Waals surface area contributed by atoms with Crippen LogP contribution >= 0.6 is 12.4 Å². The van der Waals surface area contributed by atoms with E-state index in [4.69, 9.17) is 5.73 Å². The van der Waals surface area contributed by atoms with E-state index in [2.05, 4.69) is 11.9 Å². The Morgan fingerprint density at radius 2 is 1.93 bits per heavy atom. The van der Waals surface area contributed by atoms with Crippen LogP contribution in [0.1, 0.15) is 44.2 Å². The van der Waals surface area contributed by atoms with Crippen LogP contribution in [-0.2, 0) is 0 Å². The quantitative estimate of drug-likeness (QED) is 0.766. The second-order valence-corrected chi connectivity index (χ2v) is 3.38. The van der Waals surface area contributed by atoms with Gasteiger partial charge in [0.1, 0.15) is 0 Å².